The first kappa shape index (κ1) is 30.5. The first-order valence-corrected chi connectivity index (χ1v) is 15.5. The number of aliphatic hydroxyl groups excluding tert-OH is 2. The van der Waals surface area contributed by atoms with E-state index in [0.717, 1.165) is 22.3 Å². The standard InChI is InChI=1S/C35H36N2O9/c38-16-15-36-33(41)34-21-27-28-29(45-35(44-28,25-10-3-1-4-11-25)26-12-5-2-6-13-26)31(34)46-37(30(34)32(40)43-27)22-24-9-7-8-23(20-24)14-18-42-19-17-39/h1-14,18,20,27-31,38-39H,15-17,19,21-22H2,(H,36,41)/t27-,28+,29+,30+,31-,34+/m1/s1. The highest BCUT2D eigenvalue weighted by molar-refractivity contribution is 5.93. The average molecular weight is 629 g/mol. The van der Waals surface area contributed by atoms with E-state index in [4.69, 9.17) is 28.9 Å². The van der Waals surface area contributed by atoms with Crippen LogP contribution in [-0.2, 0) is 45.7 Å². The molecule has 46 heavy (non-hydrogen) atoms. The van der Waals surface area contributed by atoms with Crippen LogP contribution in [0.2, 0.25) is 0 Å². The quantitative estimate of drug-likeness (QED) is 0.165. The van der Waals surface area contributed by atoms with Gasteiger partial charge in [0.15, 0.2) is 6.04 Å². The molecule has 1 saturated carbocycles. The van der Waals surface area contributed by atoms with E-state index >= 15 is 0 Å². The number of benzene rings is 3. The first-order chi connectivity index (χ1) is 22.5. The van der Waals surface area contributed by atoms with Gasteiger partial charge in [0, 0.05) is 24.1 Å². The number of carbonyl (C=O) groups is 2. The predicted octanol–water partition coefficient (Wildman–Crippen LogP) is 2.26. The third-order valence-electron chi connectivity index (χ3n) is 9.14. The van der Waals surface area contributed by atoms with E-state index in [1.807, 2.05) is 84.9 Å². The van der Waals surface area contributed by atoms with Gasteiger partial charge in [0.2, 0.25) is 11.7 Å². The SMILES string of the molecule is O=C1O[C@@H]2C[C@@]3(C(=O)NCCO)[C@H](ON(Cc4cccc(C=COCCO)c4)[C@@H]13)[C@H]1OC(c3ccccc3)(c3ccccc3)O[C@H]12. The molecule has 3 heterocycles. The Bertz CT molecular complexity index is 1550. The van der Waals surface area contributed by atoms with Crippen molar-refractivity contribution in [2.24, 2.45) is 5.41 Å². The molecule has 7 rings (SSSR count). The molecule has 2 bridgehead atoms. The molecular formula is C35H36N2O9. The van der Waals surface area contributed by atoms with Crippen molar-refractivity contribution in [1.29, 1.82) is 0 Å². The van der Waals surface area contributed by atoms with Crippen LogP contribution in [0.1, 0.15) is 28.7 Å². The number of carbonyl (C=O) groups excluding carboxylic acids is 2. The van der Waals surface area contributed by atoms with E-state index in [1.165, 1.54) is 11.3 Å². The van der Waals surface area contributed by atoms with Gasteiger partial charge in [0.1, 0.15) is 36.4 Å². The molecule has 3 aromatic carbocycles. The van der Waals surface area contributed by atoms with Gasteiger partial charge in [-0.1, -0.05) is 84.9 Å². The summed E-state index contributed by atoms with van der Waals surface area (Å²) >= 11 is 0. The van der Waals surface area contributed by atoms with Crippen LogP contribution in [-0.4, -0.2) is 84.0 Å². The summed E-state index contributed by atoms with van der Waals surface area (Å²) < 4.78 is 25.1. The first-order valence-electron chi connectivity index (χ1n) is 15.5. The van der Waals surface area contributed by atoms with Crippen LogP contribution in [0.3, 0.4) is 0 Å². The number of amides is 1. The second-order valence-electron chi connectivity index (χ2n) is 11.9. The number of aliphatic hydroxyl groups is 2. The van der Waals surface area contributed by atoms with Crippen LogP contribution >= 0.6 is 0 Å². The highest BCUT2D eigenvalue weighted by Crippen LogP contribution is 2.59. The van der Waals surface area contributed by atoms with E-state index in [0.29, 0.717) is 0 Å². The molecule has 11 nitrogen and oxygen atoms in total. The molecule has 1 aliphatic carbocycles. The molecular weight excluding hydrogens is 592 g/mol. The number of ether oxygens (including phenoxy) is 4. The zero-order chi connectivity index (χ0) is 31.7. The van der Waals surface area contributed by atoms with Gasteiger partial charge in [-0.25, -0.2) is 0 Å². The fraction of sp³-hybridized carbons (Fsp3) is 0.371. The number of hydrogen-bond donors (Lipinski definition) is 3. The lowest BCUT2D eigenvalue weighted by Gasteiger charge is -2.48. The number of hydrogen-bond acceptors (Lipinski definition) is 10. The fourth-order valence-corrected chi connectivity index (χ4v) is 7.25. The van der Waals surface area contributed by atoms with Gasteiger partial charge in [0.05, 0.1) is 26.0 Å². The van der Waals surface area contributed by atoms with Gasteiger partial charge in [-0.2, -0.15) is 5.06 Å². The maximum atomic E-state index is 14.1. The monoisotopic (exact) mass is 628 g/mol. The van der Waals surface area contributed by atoms with Crippen LogP contribution in [0.25, 0.3) is 6.08 Å². The van der Waals surface area contributed by atoms with Crippen LogP contribution in [0, 0.1) is 5.41 Å². The highest BCUT2D eigenvalue weighted by Gasteiger charge is 2.76. The van der Waals surface area contributed by atoms with Crippen molar-refractivity contribution in [3.8, 4) is 0 Å². The smallest absolute Gasteiger partial charge is 0.327 e. The molecule has 3 N–H and O–H groups in total. The summed E-state index contributed by atoms with van der Waals surface area (Å²) in [6, 6.07) is 25.7. The molecule has 3 aromatic rings. The molecule has 3 saturated heterocycles. The third-order valence-corrected chi connectivity index (χ3v) is 9.14. The lowest BCUT2D eigenvalue weighted by molar-refractivity contribution is -0.213. The second-order valence-corrected chi connectivity index (χ2v) is 11.9. The molecule has 0 aromatic heterocycles. The molecule has 6 atom stereocenters. The Morgan fingerprint density at radius 1 is 0.957 bits per heavy atom. The zero-order valence-electron chi connectivity index (χ0n) is 25.1. The number of fused-ring (bicyclic) bond motifs is 4. The van der Waals surface area contributed by atoms with Crippen LogP contribution in [0.4, 0.5) is 0 Å². The molecule has 11 heteroatoms. The topological polar surface area (TPSA) is 136 Å². The van der Waals surface area contributed by atoms with Crippen LogP contribution in [0.15, 0.2) is 91.2 Å². The van der Waals surface area contributed by atoms with Crippen LogP contribution in [0.5, 0.6) is 0 Å². The predicted molar refractivity (Wildman–Crippen MR) is 163 cm³/mol. The zero-order valence-corrected chi connectivity index (χ0v) is 25.1. The molecule has 4 aliphatic rings. The summed E-state index contributed by atoms with van der Waals surface area (Å²) in [5, 5.41) is 22.9. The second kappa shape index (κ2) is 12.6. The molecule has 240 valence electrons. The Balaban J connectivity index is 1.27. The van der Waals surface area contributed by atoms with E-state index in [1.54, 1.807) is 6.08 Å². The average Bonchev–Trinajstić information content (AvgIpc) is 3.66. The molecule has 0 radical (unpaired) electrons. The van der Waals surface area contributed by atoms with Crippen molar-refractivity contribution in [3.05, 3.63) is 113 Å². The van der Waals surface area contributed by atoms with Crippen molar-refractivity contribution in [2.75, 3.05) is 26.4 Å². The van der Waals surface area contributed by atoms with Gasteiger partial charge in [-0.05, 0) is 17.2 Å². The van der Waals surface area contributed by atoms with Gasteiger partial charge in [-0.3, -0.25) is 14.4 Å². The summed E-state index contributed by atoms with van der Waals surface area (Å²) in [5.74, 6) is -2.32. The lowest BCUT2D eigenvalue weighted by atomic mass is 9.62. The summed E-state index contributed by atoms with van der Waals surface area (Å²) in [7, 11) is 0. The minimum atomic E-state index is -1.36. The molecule has 0 unspecified atom stereocenters. The molecule has 3 aliphatic heterocycles. The summed E-state index contributed by atoms with van der Waals surface area (Å²) in [6.07, 6.45) is 0.285. The number of rotatable bonds is 11. The largest absolute Gasteiger partial charge is 0.499 e. The van der Waals surface area contributed by atoms with Gasteiger partial charge in [0.25, 0.3) is 0 Å². The summed E-state index contributed by atoms with van der Waals surface area (Å²) in [5.41, 5.74) is 1.83. The Kier molecular flexibility index (Phi) is 8.36. The summed E-state index contributed by atoms with van der Waals surface area (Å²) in [4.78, 5) is 34.7. The van der Waals surface area contributed by atoms with Gasteiger partial charge >= 0.3 is 5.97 Å². The minimum absolute atomic E-state index is 0.0237. The number of hydroxylamine groups is 2. The van der Waals surface area contributed by atoms with E-state index in [9.17, 15) is 14.7 Å². The Hall–Kier alpha value is -4.10. The number of nitrogens with one attached hydrogen (secondary N) is 1. The molecule has 1 amide bonds. The van der Waals surface area contributed by atoms with E-state index < -0.39 is 53.5 Å². The van der Waals surface area contributed by atoms with Gasteiger partial charge < -0.3 is 34.5 Å². The Morgan fingerprint density at radius 2 is 1.67 bits per heavy atom. The maximum absolute atomic E-state index is 14.1. The van der Waals surface area contributed by atoms with Crippen molar-refractivity contribution < 1.29 is 43.6 Å². The Morgan fingerprint density at radius 3 is 2.37 bits per heavy atom. The van der Waals surface area contributed by atoms with Crippen molar-refractivity contribution in [3.63, 3.8) is 0 Å². The number of esters is 1. The minimum Gasteiger partial charge on any atom is -0.499 e. The Labute approximate surface area is 266 Å². The van der Waals surface area contributed by atoms with Crippen LogP contribution < -0.4 is 5.32 Å². The van der Waals surface area contributed by atoms with Crippen molar-refractivity contribution >= 4 is 18.0 Å². The summed E-state index contributed by atoms with van der Waals surface area (Å²) in [6.45, 7) is 0.0486. The normalized spacial score (nSPS) is 29.3. The van der Waals surface area contributed by atoms with Crippen molar-refractivity contribution in [1.82, 2.24) is 10.4 Å². The number of nitrogens with zero attached hydrogens (tertiary/aromatic N) is 1. The van der Waals surface area contributed by atoms with Gasteiger partial charge in [-0.15, -0.1) is 0 Å². The maximum Gasteiger partial charge on any atom is 0.327 e. The fourth-order valence-electron chi connectivity index (χ4n) is 7.25. The third kappa shape index (κ3) is 5.09. The molecule has 4 fully saturated rings. The lowest BCUT2D eigenvalue weighted by Crippen LogP contribution is -2.69. The molecule has 0 spiro atoms. The van der Waals surface area contributed by atoms with E-state index in [2.05, 4.69) is 5.32 Å². The van der Waals surface area contributed by atoms with Crippen molar-refractivity contribution in [2.45, 2.75) is 49.2 Å². The highest BCUT2D eigenvalue weighted by atomic mass is 16.8. The van der Waals surface area contributed by atoms with E-state index in [-0.39, 0.29) is 39.3 Å².